The Morgan fingerprint density at radius 3 is 2.69 bits per heavy atom. The van der Waals surface area contributed by atoms with E-state index in [-0.39, 0.29) is 12.5 Å². The summed E-state index contributed by atoms with van der Waals surface area (Å²) in [7, 11) is 1.69. The minimum Gasteiger partial charge on any atom is -0.496 e. The number of carbonyl (C=O) groups excluding carboxylic acids is 2. The Morgan fingerprint density at radius 1 is 1.21 bits per heavy atom. The molecule has 5 nitrogen and oxygen atoms in total. The number of aromatic nitrogens is 1. The number of piperidine rings is 1. The van der Waals surface area contributed by atoms with Crippen molar-refractivity contribution < 1.29 is 14.3 Å². The molecule has 0 bridgehead atoms. The lowest BCUT2D eigenvalue weighted by atomic mass is 9.88. The molecule has 0 aliphatic carbocycles. The number of rotatable bonds is 5. The van der Waals surface area contributed by atoms with Gasteiger partial charge in [-0.2, -0.15) is 0 Å². The molecule has 1 saturated heterocycles. The number of benzene rings is 2. The molecule has 0 radical (unpaired) electrons. The summed E-state index contributed by atoms with van der Waals surface area (Å²) >= 11 is 6.12. The Bertz CT molecular complexity index is 1050. The maximum Gasteiger partial charge on any atom is 0.256 e. The van der Waals surface area contributed by atoms with E-state index in [9.17, 15) is 9.59 Å². The van der Waals surface area contributed by atoms with Gasteiger partial charge in [0.25, 0.3) is 5.91 Å². The lowest BCUT2D eigenvalue weighted by Crippen LogP contribution is -2.37. The summed E-state index contributed by atoms with van der Waals surface area (Å²) in [4.78, 5) is 26.2. The van der Waals surface area contributed by atoms with E-state index in [1.54, 1.807) is 30.0 Å². The molecule has 2 heterocycles. The first kappa shape index (κ1) is 19.5. The average Bonchev–Trinajstić information content (AvgIpc) is 3.11. The maximum atomic E-state index is 13.2. The summed E-state index contributed by atoms with van der Waals surface area (Å²) in [6.45, 7) is 1.57. The lowest BCUT2D eigenvalue weighted by Gasteiger charge is -2.32. The standard InChI is InChI=1S/C23H23ClN2O3/c1-29-22-5-3-2-4-18(22)16-8-10-25(11-9-16)23(28)20-15-26(12-13-27)21-14-17(24)6-7-19(20)21/h2-7,13-16H,8-12H2,1H3. The fraction of sp³-hybridized carbons (Fsp3) is 0.304. The van der Waals surface area contributed by atoms with Gasteiger partial charge in [-0.05, 0) is 42.5 Å². The number of hydrogen-bond donors (Lipinski definition) is 0. The van der Waals surface area contributed by atoms with Gasteiger partial charge in [-0.1, -0.05) is 35.9 Å². The highest BCUT2D eigenvalue weighted by atomic mass is 35.5. The predicted octanol–water partition coefficient (Wildman–Crippen LogP) is 4.52. The highest BCUT2D eigenvalue weighted by Crippen LogP contribution is 2.35. The van der Waals surface area contributed by atoms with Gasteiger partial charge in [-0.25, -0.2) is 0 Å². The Balaban J connectivity index is 1.55. The normalized spacial score (nSPS) is 14.9. The molecule has 6 heteroatoms. The topological polar surface area (TPSA) is 51.5 Å². The van der Waals surface area contributed by atoms with Crippen molar-refractivity contribution in [1.82, 2.24) is 9.47 Å². The monoisotopic (exact) mass is 410 g/mol. The first-order valence-electron chi connectivity index (χ1n) is 9.76. The molecule has 0 spiro atoms. The van der Waals surface area contributed by atoms with Crippen molar-refractivity contribution in [2.75, 3.05) is 20.2 Å². The van der Waals surface area contributed by atoms with Crippen LogP contribution in [0.1, 0.15) is 34.7 Å². The maximum absolute atomic E-state index is 13.2. The van der Waals surface area contributed by atoms with E-state index in [2.05, 4.69) is 6.07 Å². The van der Waals surface area contributed by atoms with Crippen LogP contribution in [0.2, 0.25) is 5.02 Å². The summed E-state index contributed by atoms with van der Waals surface area (Å²) < 4.78 is 7.28. The largest absolute Gasteiger partial charge is 0.496 e. The second-order valence-corrected chi connectivity index (χ2v) is 7.77. The van der Waals surface area contributed by atoms with E-state index < -0.39 is 0 Å². The predicted molar refractivity (Wildman–Crippen MR) is 114 cm³/mol. The molecule has 1 aliphatic heterocycles. The Labute approximate surface area is 174 Å². The van der Waals surface area contributed by atoms with Crippen LogP contribution in [0.3, 0.4) is 0 Å². The quantitative estimate of drug-likeness (QED) is 0.581. The van der Waals surface area contributed by atoms with E-state index in [1.807, 2.05) is 29.2 Å². The number of hydrogen-bond acceptors (Lipinski definition) is 3. The molecule has 29 heavy (non-hydrogen) atoms. The summed E-state index contributed by atoms with van der Waals surface area (Å²) in [6.07, 6.45) is 4.38. The molecule has 3 aromatic rings. The first-order valence-corrected chi connectivity index (χ1v) is 10.1. The van der Waals surface area contributed by atoms with Crippen molar-refractivity contribution in [1.29, 1.82) is 0 Å². The van der Waals surface area contributed by atoms with Crippen LogP contribution >= 0.6 is 11.6 Å². The number of methoxy groups -OCH3 is 1. The molecule has 0 N–H and O–H groups in total. The number of aldehydes is 1. The fourth-order valence-electron chi connectivity index (χ4n) is 4.23. The SMILES string of the molecule is COc1ccccc1C1CCN(C(=O)c2cn(CC=O)c3cc(Cl)ccc23)CC1. The highest BCUT2D eigenvalue weighted by molar-refractivity contribution is 6.31. The van der Waals surface area contributed by atoms with E-state index in [1.165, 1.54) is 5.56 Å². The van der Waals surface area contributed by atoms with Crippen molar-refractivity contribution >= 4 is 34.7 Å². The number of likely N-dealkylation sites (tertiary alicyclic amines) is 1. The number of nitrogens with zero attached hydrogens (tertiary/aromatic N) is 2. The molecule has 1 fully saturated rings. The first-order chi connectivity index (χ1) is 14.1. The molecule has 0 saturated carbocycles. The molecule has 0 unspecified atom stereocenters. The molecule has 4 rings (SSSR count). The lowest BCUT2D eigenvalue weighted by molar-refractivity contribution is -0.108. The number of halogens is 1. The molecular formula is C23H23ClN2O3. The van der Waals surface area contributed by atoms with Gasteiger partial charge in [-0.3, -0.25) is 4.79 Å². The van der Waals surface area contributed by atoms with E-state index >= 15 is 0 Å². The van der Waals surface area contributed by atoms with Gasteiger partial charge in [0.2, 0.25) is 0 Å². The van der Waals surface area contributed by atoms with Gasteiger partial charge >= 0.3 is 0 Å². The number of para-hydroxylation sites is 1. The molecule has 0 atom stereocenters. The molecule has 1 amide bonds. The van der Waals surface area contributed by atoms with Crippen LogP contribution < -0.4 is 4.74 Å². The summed E-state index contributed by atoms with van der Waals surface area (Å²) in [5.74, 6) is 1.29. The molecular weight excluding hydrogens is 388 g/mol. The number of amides is 1. The van der Waals surface area contributed by atoms with Crippen LogP contribution in [0.5, 0.6) is 5.75 Å². The smallest absolute Gasteiger partial charge is 0.256 e. The molecule has 1 aliphatic rings. The van der Waals surface area contributed by atoms with Crippen molar-refractivity contribution in [3.63, 3.8) is 0 Å². The zero-order chi connectivity index (χ0) is 20.4. The summed E-state index contributed by atoms with van der Waals surface area (Å²) in [5.41, 5.74) is 2.63. The Hall–Kier alpha value is -2.79. The van der Waals surface area contributed by atoms with Gasteiger partial charge in [0.1, 0.15) is 12.0 Å². The van der Waals surface area contributed by atoms with Gasteiger partial charge in [0.05, 0.1) is 24.7 Å². The van der Waals surface area contributed by atoms with Crippen LogP contribution in [0.15, 0.2) is 48.7 Å². The van der Waals surface area contributed by atoms with Gasteiger partial charge in [-0.15, -0.1) is 0 Å². The van der Waals surface area contributed by atoms with Crippen molar-refractivity contribution in [3.05, 3.63) is 64.8 Å². The molecule has 1 aromatic heterocycles. The summed E-state index contributed by atoms with van der Waals surface area (Å²) in [5, 5.41) is 1.41. The second-order valence-electron chi connectivity index (χ2n) is 7.33. The van der Waals surface area contributed by atoms with Crippen LogP contribution in [0.4, 0.5) is 0 Å². The van der Waals surface area contributed by atoms with Crippen molar-refractivity contribution in [2.24, 2.45) is 0 Å². The van der Waals surface area contributed by atoms with Crippen LogP contribution in [-0.2, 0) is 11.3 Å². The zero-order valence-electron chi connectivity index (χ0n) is 16.3. The average molecular weight is 411 g/mol. The van der Waals surface area contributed by atoms with Gasteiger partial charge in [0.15, 0.2) is 0 Å². The Kier molecular flexibility index (Phi) is 5.58. The van der Waals surface area contributed by atoms with E-state index in [4.69, 9.17) is 16.3 Å². The third-order valence-electron chi connectivity index (χ3n) is 5.71. The third kappa shape index (κ3) is 3.75. The number of fused-ring (bicyclic) bond motifs is 1. The second kappa shape index (κ2) is 8.29. The van der Waals surface area contributed by atoms with E-state index in [0.29, 0.717) is 29.6 Å². The summed E-state index contributed by atoms with van der Waals surface area (Å²) in [6, 6.07) is 13.5. The minimum atomic E-state index is 0.000415. The van der Waals surface area contributed by atoms with Crippen molar-refractivity contribution in [2.45, 2.75) is 25.3 Å². The van der Waals surface area contributed by atoms with Gasteiger partial charge < -0.3 is 19.0 Å². The van der Waals surface area contributed by atoms with Crippen LogP contribution in [0, 0.1) is 0 Å². The van der Waals surface area contributed by atoms with Crippen LogP contribution in [-0.4, -0.2) is 41.9 Å². The highest BCUT2D eigenvalue weighted by Gasteiger charge is 2.27. The fourth-order valence-corrected chi connectivity index (χ4v) is 4.40. The van der Waals surface area contributed by atoms with Crippen LogP contribution in [0.25, 0.3) is 10.9 Å². The third-order valence-corrected chi connectivity index (χ3v) is 5.94. The molecule has 2 aromatic carbocycles. The van der Waals surface area contributed by atoms with Gasteiger partial charge in [0, 0.05) is 29.7 Å². The molecule has 150 valence electrons. The number of ether oxygens (including phenoxy) is 1. The minimum absolute atomic E-state index is 0.000415. The van der Waals surface area contributed by atoms with Crippen molar-refractivity contribution in [3.8, 4) is 5.75 Å². The van der Waals surface area contributed by atoms with E-state index in [0.717, 1.165) is 35.8 Å². The number of carbonyl (C=O) groups is 2. The Morgan fingerprint density at radius 2 is 1.97 bits per heavy atom. The zero-order valence-corrected chi connectivity index (χ0v) is 17.1.